The zero-order chi connectivity index (χ0) is 16.1. The van der Waals surface area contributed by atoms with Gasteiger partial charge < -0.3 is 16.0 Å². The number of nitrogens with zero attached hydrogens (tertiary/aromatic N) is 1. The Kier molecular flexibility index (Phi) is 5.55. The Hall–Kier alpha value is -1.88. The average molecular weight is 303 g/mol. The van der Waals surface area contributed by atoms with E-state index >= 15 is 0 Å². The van der Waals surface area contributed by atoms with Crippen LogP contribution in [0.3, 0.4) is 0 Å². The van der Waals surface area contributed by atoms with Gasteiger partial charge in [0.15, 0.2) is 0 Å². The number of unbranched alkanes of at least 4 members (excludes halogenated alkanes) is 1. The van der Waals surface area contributed by atoms with Gasteiger partial charge in [-0.25, -0.2) is 0 Å². The number of carbonyl (C=O) groups excluding carboxylic acids is 2. The van der Waals surface area contributed by atoms with Crippen LogP contribution in [0, 0.1) is 0 Å². The summed E-state index contributed by atoms with van der Waals surface area (Å²) in [6.07, 6.45) is 3.85. The molecule has 0 spiro atoms. The molecule has 5 heteroatoms. The summed E-state index contributed by atoms with van der Waals surface area (Å²) >= 11 is 0. The number of nitrogens with two attached hydrogens (primary N) is 1. The van der Waals surface area contributed by atoms with Crippen LogP contribution in [0.2, 0.25) is 0 Å². The molecule has 0 saturated carbocycles. The second kappa shape index (κ2) is 7.40. The topological polar surface area (TPSA) is 75.4 Å². The van der Waals surface area contributed by atoms with Crippen molar-refractivity contribution in [2.24, 2.45) is 5.73 Å². The van der Waals surface area contributed by atoms with Crippen LogP contribution in [0.1, 0.15) is 49.0 Å². The summed E-state index contributed by atoms with van der Waals surface area (Å²) in [5.74, 6) is -0.0469. The van der Waals surface area contributed by atoms with E-state index in [0.717, 1.165) is 36.9 Å². The summed E-state index contributed by atoms with van der Waals surface area (Å²) < 4.78 is 0. The molecule has 1 aliphatic heterocycles. The minimum atomic E-state index is -0.0874. The molecular formula is C17H25N3O2. The fourth-order valence-electron chi connectivity index (χ4n) is 2.84. The second-order valence-electron chi connectivity index (χ2n) is 5.81. The molecule has 1 aromatic rings. The first-order chi connectivity index (χ1) is 10.6. The van der Waals surface area contributed by atoms with E-state index in [1.54, 1.807) is 17.9 Å². The van der Waals surface area contributed by atoms with E-state index in [0.29, 0.717) is 18.7 Å². The lowest BCUT2D eigenvalue weighted by Gasteiger charge is -2.17. The minimum absolute atomic E-state index is 0.0226. The lowest BCUT2D eigenvalue weighted by molar-refractivity contribution is -0.116. The molecule has 2 amide bonds. The Bertz CT molecular complexity index is 557. The van der Waals surface area contributed by atoms with Crippen molar-refractivity contribution < 1.29 is 9.59 Å². The Balaban J connectivity index is 2.07. The molecule has 1 atom stereocenters. The predicted molar refractivity (Wildman–Crippen MR) is 88.0 cm³/mol. The van der Waals surface area contributed by atoms with Crippen molar-refractivity contribution in [1.29, 1.82) is 0 Å². The van der Waals surface area contributed by atoms with Crippen molar-refractivity contribution in [3.63, 3.8) is 0 Å². The van der Waals surface area contributed by atoms with E-state index in [-0.39, 0.29) is 17.9 Å². The molecule has 1 heterocycles. The third-order valence-electron chi connectivity index (χ3n) is 4.14. The van der Waals surface area contributed by atoms with Crippen molar-refractivity contribution in [3.05, 3.63) is 29.3 Å². The van der Waals surface area contributed by atoms with E-state index in [4.69, 9.17) is 5.73 Å². The number of nitrogens with one attached hydrogen (secondary N) is 1. The lowest BCUT2D eigenvalue weighted by Crippen LogP contribution is -2.40. The zero-order valence-corrected chi connectivity index (χ0v) is 13.4. The van der Waals surface area contributed by atoms with Crippen molar-refractivity contribution in [1.82, 2.24) is 5.32 Å². The molecule has 1 unspecified atom stereocenters. The van der Waals surface area contributed by atoms with E-state index < -0.39 is 0 Å². The highest BCUT2D eigenvalue weighted by Gasteiger charge is 2.23. The van der Waals surface area contributed by atoms with E-state index in [1.165, 1.54) is 0 Å². The third kappa shape index (κ3) is 3.65. The first-order valence-electron chi connectivity index (χ1n) is 7.98. The van der Waals surface area contributed by atoms with Crippen LogP contribution in [-0.4, -0.2) is 30.9 Å². The Morgan fingerprint density at radius 1 is 1.41 bits per heavy atom. The molecule has 0 radical (unpaired) electrons. The van der Waals surface area contributed by atoms with Crippen LogP contribution in [-0.2, 0) is 11.2 Å². The fourth-order valence-corrected chi connectivity index (χ4v) is 2.84. The van der Waals surface area contributed by atoms with Gasteiger partial charge in [-0.1, -0.05) is 19.8 Å². The van der Waals surface area contributed by atoms with Gasteiger partial charge in [0.1, 0.15) is 0 Å². The van der Waals surface area contributed by atoms with Crippen molar-refractivity contribution in [2.45, 2.75) is 45.6 Å². The Labute approximate surface area is 131 Å². The summed E-state index contributed by atoms with van der Waals surface area (Å²) in [4.78, 5) is 25.6. The summed E-state index contributed by atoms with van der Waals surface area (Å²) in [5, 5.41) is 3.00. The number of benzene rings is 1. The molecule has 22 heavy (non-hydrogen) atoms. The van der Waals surface area contributed by atoms with Crippen LogP contribution in [0.15, 0.2) is 18.2 Å². The monoisotopic (exact) mass is 303 g/mol. The maximum absolute atomic E-state index is 12.3. The van der Waals surface area contributed by atoms with Crippen molar-refractivity contribution in [3.8, 4) is 0 Å². The molecule has 5 nitrogen and oxygen atoms in total. The number of amides is 2. The summed E-state index contributed by atoms with van der Waals surface area (Å²) in [5.41, 5.74) is 8.34. The minimum Gasteiger partial charge on any atom is -0.348 e. The van der Waals surface area contributed by atoms with Gasteiger partial charge in [0, 0.05) is 37.3 Å². The van der Waals surface area contributed by atoms with E-state index in [2.05, 4.69) is 12.2 Å². The molecule has 0 saturated heterocycles. The van der Waals surface area contributed by atoms with Crippen LogP contribution in [0.5, 0.6) is 0 Å². The quantitative estimate of drug-likeness (QED) is 0.842. The summed E-state index contributed by atoms with van der Waals surface area (Å²) in [6, 6.07) is 5.56. The highest BCUT2D eigenvalue weighted by molar-refractivity contribution is 5.98. The zero-order valence-electron chi connectivity index (χ0n) is 13.4. The number of rotatable bonds is 6. The van der Waals surface area contributed by atoms with Gasteiger partial charge in [0.05, 0.1) is 0 Å². The van der Waals surface area contributed by atoms with Crippen molar-refractivity contribution >= 4 is 17.5 Å². The highest BCUT2D eigenvalue weighted by Crippen LogP contribution is 2.28. The molecule has 3 N–H and O–H groups in total. The molecule has 0 fully saturated rings. The van der Waals surface area contributed by atoms with Gasteiger partial charge in [-0.3, -0.25) is 9.59 Å². The van der Waals surface area contributed by atoms with Crippen LogP contribution < -0.4 is 16.0 Å². The smallest absolute Gasteiger partial charge is 0.251 e. The van der Waals surface area contributed by atoms with Gasteiger partial charge in [-0.15, -0.1) is 0 Å². The predicted octanol–water partition coefficient (Wildman–Crippen LogP) is 1.84. The lowest BCUT2D eigenvalue weighted by atomic mass is 10.1. The molecular weight excluding hydrogens is 278 g/mol. The maximum atomic E-state index is 12.3. The van der Waals surface area contributed by atoms with E-state index in [9.17, 15) is 9.59 Å². The fraction of sp³-hybridized carbons (Fsp3) is 0.529. The molecule has 2 rings (SSSR count). The van der Waals surface area contributed by atoms with Gasteiger partial charge in [0.25, 0.3) is 5.91 Å². The van der Waals surface area contributed by atoms with Gasteiger partial charge >= 0.3 is 0 Å². The third-order valence-corrected chi connectivity index (χ3v) is 4.14. The van der Waals surface area contributed by atoms with Gasteiger partial charge in [-0.2, -0.15) is 0 Å². The average Bonchev–Trinajstić information content (AvgIpc) is 2.94. The van der Waals surface area contributed by atoms with Crippen LogP contribution >= 0.6 is 0 Å². The van der Waals surface area contributed by atoms with Crippen molar-refractivity contribution in [2.75, 3.05) is 18.0 Å². The number of anilines is 1. The van der Waals surface area contributed by atoms with Gasteiger partial charge in [0.2, 0.25) is 5.91 Å². The number of fused-ring (bicyclic) bond motifs is 1. The molecule has 0 aromatic heterocycles. The Morgan fingerprint density at radius 2 is 2.18 bits per heavy atom. The largest absolute Gasteiger partial charge is 0.348 e. The first kappa shape index (κ1) is 16.5. The summed E-state index contributed by atoms with van der Waals surface area (Å²) in [6.45, 7) is 4.83. The van der Waals surface area contributed by atoms with E-state index in [1.807, 2.05) is 12.1 Å². The number of hydrogen-bond donors (Lipinski definition) is 2. The standard InChI is InChI=1S/C17H25N3O2/c1-3-4-5-15(11-18)19-17(22)14-6-7-16-13(10-14)8-9-20(16)12(2)21/h6-7,10,15H,3-5,8-9,11,18H2,1-2H3,(H,19,22). The van der Waals surface area contributed by atoms with Crippen LogP contribution in [0.4, 0.5) is 5.69 Å². The first-order valence-corrected chi connectivity index (χ1v) is 7.98. The summed E-state index contributed by atoms with van der Waals surface area (Å²) in [7, 11) is 0. The normalized spacial score (nSPS) is 14.6. The Morgan fingerprint density at radius 3 is 2.82 bits per heavy atom. The van der Waals surface area contributed by atoms with Gasteiger partial charge in [-0.05, 0) is 36.6 Å². The highest BCUT2D eigenvalue weighted by atomic mass is 16.2. The molecule has 1 aliphatic rings. The molecule has 120 valence electrons. The van der Waals surface area contributed by atoms with Crippen LogP contribution in [0.25, 0.3) is 0 Å². The SMILES string of the molecule is CCCCC(CN)NC(=O)c1ccc2c(c1)CCN2C(C)=O. The maximum Gasteiger partial charge on any atom is 0.251 e. The molecule has 0 bridgehead atoms. The number of hydrogen-bond acceptors (Lipinski definition) is 3. The number of carbonyl (C=O) groups is 2. The second-order valence-corrected chi connectivity index (χ2v) is 5.81. The molecule has 0 aliphatic carbocycles. The molecule has 1 aromatic carbocycles.